The van der Waals surface area contributed by atoms with Crippen LogP contribution in [0, 0.1) is 11.2 Å². The van der Waals surface area contributed by atoms with Crippen molar-refractivity contribution in [3.05, 3.63) is 54.3 Å². The summed E-state index contributed by atoms with van der Waals surface area (Å²) < 4.78 is 98.3. The average Bonchev–Trinajstić information content (AvgIpc) is 3.32. The highest BCUT2D eigenvalue weighted by molar-refractivity contribution is 7.93. The molecule has 36 heavy (non-hydrogen) atoms. The van der Waals surface area contributed by atoms with E-state index in [4.69, 9.17) is 0 Å². The SMILES string of the molecule is Cn1c(S(=O)(=O)N2CCC3(CC2)CC3NS(C)(=O)=O)c(S(=O)(=O)c2ccccc2F)c2ccccc21. The standard InChI is InChI=1S/C23H26FN3O6S3/c1-26-18-9-5-3-7-16(18)21(35(30,31)19-10-6-4-8-17(19)24)22(26)36(32,33)27-13-11-23(12-14-27)15-20(23)25-34(2,28)29/h3-10,20,25H,11-15H2,1-2H3. The topological polar surface area (TPSA) is 123 Å². The molecule has 2 aliphatic rings. The number of sulfone groups is 1. The molecule has 2 fully saturated rings. The van der Waals surface area contributed by atoms with E-state index < -0.39 is 50.5 Å². The third kappa shape index (κ3) is 4.06. The highest BCUT2D eigenvalue weighted by Crippen LogP contribution is 2.54. The molecule has 1 spiro atoms. The molecule has 0 radical (unpaired) electrons. The number of nitrogens with one attached hydrogen (secondary N) is 1. The average molecular weight is 556 g/mol. The number of piperidine rings is 1. The predicted octanol–water partition coefficient (Wildman–Crippen LogP) is 2.24. The van der Waals surface area contributed by atoms with Crippen LogP contribution >= 0.6 is 0 Å². The van der Waals surface area contributed by atoms with E-state index in [1.165, 1.54) is 34.1 Å². The molecular weight excluding hydrogens is 529 g/mol. The Bertz CT molecular complexity index is 1690. The van der Waals surface area contributed by atoms with E-state index in [2.05, 4.69) is 4.72 Å². The molecule has 1 unspecified atom stereocenters. The molecule has 9 nitrogen and oxygen atoms in total. The Hall–Kier alpha value is -2.32. The van der Waals surface area contributed by atoms with Gasteiger partial charge < -0.3 is 4.57 Å². The maximum Gasteiger partial charge on any atom is 0.260 e. The van der Waals surface area contributed by atoms with Crippen molar-refractivity contribution in [1.82, 2.24) is 13.6 Å². The molecule has 13 heteroatoms. The Kier molecular flexibility index (Phi) is 5.87. The van der Waals surface area contributed by atoms with Gasteiger partial charge in [0, 0.05) is 31.6 Å². The maximum absolute atomic E-state index is 14.6. The first-order valence-corrected chi connectivity index (χ1v) is 16.1. The molecule has 2 aromatic carbocycles. The minimum absolute atomic E-state index is 0.116. The molecule has 1 aliphatic heterocycles. The zero-order valence-electron chi connectivity index (χ0n) is 19.7. The first-order valence-electron chi connectivity index (χ1n) is 11.3. The van der Waals surface area contributed by atoms with Crippen LogP contribution in [0.3, 0.4) is 0 Å². The first-order chi connectivity index (χ1) is 16.8. The third-order valence-electron chi connectivity index (χ3n) is 7.25. The van der Waals surface area contributed by atoms with Crippen molar-refractivity contribution in [2.75, 3.05) is 19.3 Å². The Morgan fingerprint density at radius 3 is 2.19 bits per heavy atom. The van der Waals surface area contributed by atoms with Crippen LogP contribution < -0.4 is 4.72 Å². The summed E-state index contributed by atoms with van der Waals surface area (Å²) in [5.41, 5.74) is 0.0925. The quantitative estimate of drug-likeness (QED) is 0.498. The van der Waals surface area contributed by atoms with Gasteiger partial charge in [-0.1, -0.05) is 30.3 Å². The number of aryl methyl sites for hydroxylation is 1. The summed E-state index contributed by atoms with van der Waals surface area (Å²) in [4.78, 5) is -1.04. The van der Waals surface area contributed by atoms with E-state index in [-0.39, 0.29) is 29.9 Å². The molecule has 1 N–H and O–H groups in total. The van der Waals surface area contributed by atoms with Gasteiger partial charge in [0.1, 0.15) is 15.6 Å². The second-order valence-corrected chi connectivity index (χ2v) is 15.0. The van der Waals surface area contributed by atoms with Gasteiger partial charge in [-0.05, 0) is 42.9 Å². The van der Waals surface area contributed by atoms with Crippen molar-refractivity contribution in [3.63, 3.8) is 0 Å². The first kappa shape index (κ1) is 25.3. The van der Waals surface area contributed by atoms with Crippen LogP contribution in [0.5, 0.6) is 0 Å². The summed E-state index contributed by atoms with van der Waals surface area (Å²) >= 11 is 0. The molecule has 2 heterocycles. The fourth-order valence-corrected chi connectivity index (χ4v) is 10.1. The van der Waals surface area contributed by atoms with E-state index in [1.54, 1.807) is 18.2 Å². The molecule has 194 valence electrons. The van der Waals surface area contributed by atoms with Crippen molar-refractivity contribution in [2.45, 2.75) is 40.1 Å². The zero-order valence-corrected chi connectivity index (χ0v) is 22.1. The Balaban J connectivity index is 1.57. The molecule has 1 atom stereocenters. The fraction of sp³-hybridized carbons (Fsp3) is 0.391. The van der Waals surface area contributed by atoms with Gasteiger partial charge in [0.25, 0.3) is 10.0 Å². The summed E-state index contributed by atoms with van der Waals surface area (Å²) in [6, 6.07) is 11.1. The normalized spacial score (nSPS) is 20.7. The molecule has 5 rings (SSSR count). The maximum atomic E-state index is 14.6. The van der Waals surface area contributed by atoms with Gasteiger partial charge in [-0.15, -0.1) is 0 Å². The smallest absolute Gasteiger partial charge is 0.260 e. The fourth-order valence-electron chi connectivity index (χ4n) is 5.28. The van der Waals surface area contributed by atoms with Gasteiger partial charge in [-0.25, -0.2) is 34.4 Å². The van der Waals surface area contributed by atoms with E-state index in [1.807, 2.05) is 0 Å². The van der Waals surface area contributed by atoms with Gasteiger partial charge >= 0.3 is 0 Å². The summed E-state index contributed by atoms with van der Waals surface area (Å²) in [6.07, 6.45) is 2.61. The predicted molar refractivity (Wildman–Crippen MR) is 132 cm³/mol. The monoisotopic (exact) mass is 555 g/mol. The van der Waals surface area contributed by atoms with Crippen molar-refractivity contribution < 1.29 is 29.6 Å². The lowest BCUT2D eigenvalue weighted by Crippen LogP contribution is -2.42. The number of hydrogen-bond donors (Lipinski definition) is 1. The molecule has 1 aliphatic carbocycles. The van der Waals surface area contributed by atoms with Crippen molar-refractivity contribution in [3.8, 4) is 0 Å². The molecule has 0 bridgehead atoms. The van der Waals surface area contributed by atoms with Gasteiger partial charge in [-0.2, -0.15) is 4.31 Å². The second-order valence-electron chi connectivity index (χ2n) is 9.56. The number of para-hydroxylation sites is 1. The minimum Gasteiger partial charge on any atom is -0.332 e. The zero-order chi connectivity index (χ0) is 26.1. The van der Waals surface area contributed by atoms with E-state index in [9.17, 15) is 29.6 Å². The van der Waals surface area contributed by atoms with Crippen LogP contribution in [0.15, 0.2) is 63.3 Å². The van der Waals surface area contributed by atoms with Crippen LogP contribution in [-0.4, -0.2) is 59.5 Å². The molecular formula is C23H26FN3O6S3. The van der Waals surface area contributed by atoms with E-state index in [0.29, 0.717) is 24.8 Å². The molecule has 1 saturated heterocycles. The van der Waals surface area contributed by atoms with Gasteiger partial charge in [-0.3, -0.25) is 0 Å². The van der Waals surface area contributed by atoms with Gasteiger partial charge in [0.2, 0.25) is 19.9 Å². The molecule has 1 saturated carbocycles. The van der Waals surface area contributed by atoms with E-state index >= 15 is 0 Å². The van der Waals surface area contributed by atoms with Crippen molar-refractivity contribution in [2.24, 2.45) is 12.5 Å². The number of benzene rings is 2. The van der Waals surface area contributed by atoms with Crippen LogP contribution in [0.2, 0.25) is 0 Å². The van der Waals surface area contributed by atoms with Gasteiger partial charge in [0.05, 0.1) is 11.8 Å². The number of rotatable bonds is 6. The number of fused-ring (bicyclic) bond motifs is 1. The van der Waals surface area contributed by atoms with Crippen LogP contribution in [0.1, 0.15) is 19.3 Å². The molecule has 3 aromatic rings. The highest BCUT2D eigenvalue weighted by atomic mass is 32.2. The van der Waals surface area contributed by atoms with Crippen molar-refractivity contribution in [1.29, 1.82) is 0 Å². The molecule has 0 amide bonds. The minimum atomic E-state index is -4.55. The van der Waals surface area contributed by atoms with Crippen LogP contribution in [0.25, 0.3) is 10.9 Å². The second kappa shape index (κ2) is 8.35. The summed E-state index contributed by atoms with van der Waals surface area (Å²) in [5, 5.41) is -0.223. The number of halogens is 1. The van der Waals surface area contributed by atoms with Crippen LogP contribution in [-0.2, 0) is 36.9 Å². The third-order valence-corrected chi connectivity index (χ3v) is 12.0. The number of aromatic nitrogens is 1. The lowest BCUT2D eigenvalue weighted by atomic mass is 9.94. The summed E-state index contributed by atoms with van der Waals surface area (Å²) in [5.74, 6) is -0.966. The highest BCUT2D eigenvalue weighted by Gasteiger charge is 2.57. The largest absolute Gasteiger partial charge is 0.332 e. The summed E-state index contributed by atoms with van der Waals surface area (Å²) in [7, 11) is -10.7. The number of sulfonamides is 2. The Morgan fingerprint density at radius 2 is 1.56 bits per heavy atom. The Morgan fingerprint density at radius 1 is 0.944 bits per heavy atom. The summed E-state index contributed by atoms with van der Waals surface area (Å²) in [6.45, 7) is 0.232. The molecule has 1 aromatic heterocycles. The van der Waals surface area contributed by atoms with Gasteiger partial charge in [0.15, 0.2) is 5.03 Å². The number of hydrogen-bond acceptors (Lipinski definition) is 6. The lowest BCUT2D eigenvalue weighted by molar-refractivity contribution is 0.248. The van der Waals surface area contributed by atoms with Crippen molar-refractivity contribution >= 4 is 40.8 Å². The number of nitrogens with zero attached hydrogens (tertiary/aromatic N) is 2. The van der Waals surface area contributed by atoms with E-state index in [0.717, 1.165) is 18.4 Å². The lowest BCUT2D eigenvalue weighted by Gasteiger charge is -2.32. The van der Waals surface area contributed by atoms with Crippen LogP contribution in [0.4, 0.5) is 4.39 Å². The Labute approximate surface area is 209 Å².